The van der Waals surface area contributed by atoms with Crippen molar-refractivity contribution in [1.82, 2.24) is 19.2 Å². The molecule has 0 amide bonds. The first-order chi connectivity index (χ1) is 12.9. The number of methoxy groups -OCH3 is 1. The lowest BCUT2D eigenvalue weighted by Gasteiger charge is -2.09. The molecule has 0 aliphatic carbocycles. The highest BCUT2D eigenvalue weighted by Gasteiger charge is 2.18. The minimum absolute atomic E-state index is 0.0518. The van der Waals surface area contributed by atoms with E-state index in [-0.39, 0.29) is 11.5 Å². The van der Waals surface area contributed by atoms with E-state index in [0.717, 1.165) is 29.9 Å². The van der Waals surface area contributed by atoms with E-state index in [4.69, 9.17) is 27.9 Å². The molecular formula is C18H20Cl2N4O2S. The number of ether oxygens (including phenoxy) is 1. The van der Waals surface area contributed by atoms with Crippen molar-refractivity contribution < 1.29 is 9.53 Å². The second-order valence-electron chi connectivity index (χ2n) is 6.18. The molecule has 6 nitrogen and oxygen atoms in total. The van der Waals surface area contributed by atoms with E-state index in [1.54, 1.807) is 23.8 Å². The normalized spacial score (nSPS) is 11.4. The number of aryl methyl sites for hydroxylation is 1. The molecule has 0 saturated carbocycles. The van der Waals surface area contributed by atoms with Gasteiger partial charge in [0.2, 0.25) is 0 Å². The van der Waals surface area contributed by atoms with Crippen molar-refractivity contribution in [1.29, 1.82) is 0 Å². The van der Waals surface area contributed by atoms with Crippen LogP contribution in [0.25, 0.3) is 5.65 Å². The van der Waals surface area contributed by atoms with E-state index < -0.39 is 0 Å². The van der Waals surface area contributed by atoms with Gasteiger partial charge in [0, 0.05) is 43.4 Å². The van der Waals surface area contributed by atoms with Crippen LogP contribution in [0.5, 0.6) is 0 Å². The average Bonchev–Trinajstić information content (AvgIpc) is 3.15. The molecule has 0 spiro atoms. The third-order valence-electron chi connectivity index (χ3n) is 4.33. The lowest BCUT2D eigenvalue weighted by Crippen LogP contribution is -2.08. The SMILES string of the molecule is COCCCn1c(C)cc(C(=O)CSc2nnc3c(Cl)cc(Cl)cn23)c1C. The Hall–Kier alpha value is -1.54. The van der Waals surface area contributed by atoms with Gasteiger partial charge in [-0.2, -0.15) is 0 Å². The summed E-state index contributed by atoms with van der Waals surface area (Å²) < 4.78 is 8.97. The van der Waals surface area contributed by atoms with Gasteiger partial charge in [0.1, 0.15) is 0 Å². The molecule has 9 heteroatoms. The number of thioether (sulfide) groups is 1. The monoisotopic (exact) mass is 426 g/mol. The van der Waals surface area contributed by atoms with Gasteiger partial charge in [0.15, 0.2) is 16.6 Å². The summed E-state index contributed by atoms with van der Waals surface area (Å²) in [6.07, 6.45) is 2.60. The fraction of sp³-hybridized carbons (Fsp3) is 0.389. The first kappa shape index (κ1) is 20.2. The number of carbonyl (C=O) groups is 1. The zero-order valence-corrected chi connectivity index (χ0v) is 17.7. The van der Waals surface area contributed by atoms with Gasteiger partial charge in [-0.25, -0.2) is 0 Å². The molecule has 0 aromatic carbocycles. The Morgan fingerprint density at radius 2 is 2.04 bits per heavy atom. The number of carbonyl (C=O) groups excluding carboxylic acids is 1. The molecule has 144 valence electrons. The van der Waals surface area contributed by atoms with Crippen LogP contribution in [-0.2, 0) is 11.3 Å². The van der Waals surface area contributed by atoms with Gasteiger partial charge in [-0.3, -0.25) is 9.20 Å². The Labute approximate surface area is 171 Å². The molecule has 3 aromatic rings. The first-order valence-electron chi connectivity index (χ1n) is 8.43. The Morgan fingerprint density at radius 1 is 1.26 bits per heavy atom. The zero-order valence-electron chi connectivity index (χ0n) is 15.3. The number of halogens is 2. The number of Topliss-reactive ketones (excluding diaryl/α,β-unsaturated/α-hetero) is 1. The summed E-state index contributed by atoms with van der Waals surface area (Å²) in [4.78, 5) is 12.8. The highest BCUT2D eigenvalue weighted by Crippen LogP contribution is 2.26. The molecule has 0 aliphatic rings. The van der Waals surface area contributed by atoms with Crippen molar-refractivity contribution in [3.05, 3.63) is 45.3 Å². The third kappa shape index (κ3) is 4.32. The second-order valence-corrected chi connectivity index (χ2v) is 7.96. The van der Waals surface area contributed by atoms with Crippen molar-refractivity contribution in [2.45, 2.75) is 32.0 Å². The zero-order chi connectivity index (χ0) is 19.6. The molecule has 0 fully saturated rings. The predicted molar refractivity (Wildman–Crippen MR) is 108 cm³/mol. The van der Waals surface area contributed by atoms with Gasteiger partial charge < -0.3 is 9.30 Å². The van der Waals surface area contributed by atoms with Crippen LogP contribution in [0.1, 0.15) is 28.2 Å². The van der Waals surface area contributed by atoms with Crippen LogP contribution < -0.4 is 0 Å². The Balaban J connectivity index is 1.74. The summed E-state index contributed by atoms with van der Waals surface area (Å²) in [7, 11) is 1.69. The van der Waals surface area contributed by atoms with E-state index in [9.17, 15) is 4.79 Å². The Bertz CT molecular complexity index is 984. The van der Waals surface area contributed by atoms with Crippen molar-refractivity contribution in [3.8, 4) is 0 Å². The molecule has 0 N–H and O–H groups in total. The van der Waals surface area contributed by atoms with E-state index in [0.29, 0.717) is 27.5 Å². The highest BCUT2D eigenvalue weighted by molar-refractivity contribution is 7.99. The van der Waals surface area contributed by atoms with Crippen LogP contribution in [0.15, 0.2) is 23.5 Å². The maximum atomic E-state index is 12.8. The summed E-state index contributed by atoms with van der Waals surface area (Å²) in [5.74, 6) is 0.309. The Kier molecular flexibility index (Phi) is 6.47. The Morgan fingerprint density at radius 3 is 2.78 bits per heavy atom. The van der Waals surface area contributed by atoms with Crippen LogP contribution in [0.3, 0.4) is 0 Å². The minimum atomic E-state index is 0.0518. The second kappa shape index (κ2) is 8.65. The standard InChI is InChI=1S/C18H20Cl2N4O2S/c1-11-7-14(12(2)23(11)5-4-6-26-3)16(25)10-27-18-22-21-17-15(20)8-13(19)9-24(17)18/h7-9H,4-6,10H2,1-3H3. The number of pyridine rings is 1. The molecule has 0 saturated heterocycles. The molecule has 0 radical (unpaired) electrons. The average molecular weight is 427 g/mol. The summed E-state index contributed by atoms with van der Waals surface area (Å²) in [6, 6.07) is 3.56. The number of ketones is 1. The summed E-state index contributed by atoms with van der Waals surface area (Å²) in [5, 5.41) is 9.67. The molecule has 27 heavy (non-hydrogen) atoms. The van der Waals surface area contributed by atoms with E-state index >= 15 is 0 Å². The topological polar surface area (TPSA) is 61.4 Å². The maximum absolute atomic E-state index is 12.8. The molecular weight excluding hydrogens is 407 g/mol. The number of fused-ring (bicyclic) bond motifs is 1. The van der Waals surface area contributed by atoms with Gasteiger partial charge in [-0.15, -0.1) is 10.2 Å². The highest BCUT2D eigenvalue weighted by atomic mass is 35.5. The lowest BCUT2D eigenvalue weighted by atomic mass is 10.2. The summed E-state index contributed by atoms with van der Waals surface area (Å²) >= 11 is 13.5. The third-order valence-corrected chi connectivity index (χ3v) is 5.76. The van der Waals surface area contributed by atoms with Gasteiger partial charge in [-0.1, -0.05) is 35.0 Å². The lowest BCUT2D eigenvalue weighted by molar-refractivity contribution is 0.102. The predicted octanol–water partition coefficient (Wildman–Crippen LogP) is 4.47. The maximum Gasteiger partial charge on any atom is 0.196 e. The van der Waals surface area contributed by atoms with Crippen LogP contribution in [-0.4, -0.2) is 44.4 Å². The first-order valence-corrected chi connectivity index (χ1v) is 10.2. The fourth-order valence-corrected chi connectivity index (χ4v) is 4.30. The molecule has 3 aromatic heterocycles. The van der Waals surface area contributed by atoms with Gasteiger partial charge in [-0.05, 0) is 32.4 Å². The number of rotatable bonds is 8. The number of hydrogen-bond acceptors (Lipinski definition) is 5. The van der Waals surface area contributed by atoms with Crippen molar-refractivity contribution >= 4 is 46.4 Å². The quantitative estimate of drug-likeness (QED) is 0.302. The van der Waals surface area contributed by atoms with Crippen LogP contribution in [0.4, 0.5) is 0 Å². The molecule has 3 heterocycles. The molecule has 0 aliphatic heterocycles. The van der Waals surface area contributed by atoms with E-state index in [1.165, 1.54) is 11.8 Å². The summed E-state index contributed by atoms with van der Waals surface area (Å²) in [6.45, 7) is 5.52. The minimum Gasteiger partial charge on any atom is -0.385 e. The number of nitrogens with zero attached hydrogens (tertiary/aromatic N) is 4. The molecule has 3 rings (SSSR count). The van der Waals surface area contributed by atoms with E-state index in [1.807, 2.05) is 19.9 Å². The van der Waals surface area contributed by atoms with Crippen LogP contribution in [0.2, 0.25) is 10.0 Å². The van der Waals surface area contributed by atoms with Gasteiger partial charge in [0.25, 0.3) is 0 Å². The van der Waals surface area contributed by atoms with Crippen LogP contribution >= 0.6 is 35.0 Å². The summed E-state index contributed by atoms with van der Waals surface area (Å²) in [5.41, 5.74) is 3.31. The van der Waals surface area contributed by atoms with Crippen molar-refractivity contribution in [2.24, 2.45) is 0 Å². The number of aromatic nitrogens is 4. The van der Waals surface area contributed by atoms with Crippen molar-refractivity contribution in [3.63, 3.8) is 0 Å². The molecule has 0 unspecified atom stereocenters. The molecule has 0 bridgehead atoms. The van der Waals surface area contributed by atoms with Gasteiger partial charge in [0.05, 0.1) is 15.8 Å². The fourth-order valence-electron chi connectivity index (χ4n) is 3.00. The van der Waals surface area contributed by atoms with Crippen molar-refractivity contribution in [2.75, 3.05) is 19.5 Å². The molecule has 0 atom stereocenters. The number of hydrogen-bond donors (Lipinski definition) is 0. The smallest absolute Gasteiger partial charge is 0.196 e. The van der Waals surface area contributed by atoms with E-state index in [2.05, 4.69) is 14.8 Å². The van der Waals surface area contributed by atoms with Gasteiger partial charge >= 0.3 is 0 Å². The van der Waals surface area contributed by atoms with Crippen LogP contribution in [0, 0.1) is 13.8 Å². The largest absolute Gasteiger partial charge is 0.385 e.